The van der Waals surface area contributed by atoms with Crippen molar-refractivity contribution < 1.29 is 14.7 Å². The van der Waals surface area contributed by atoms with Crippen LogP contribution in [0.5, 0.6) is 0 Å². The normalized spacial score (nSPS) is 12.1. The lowest BCUT2D eigenvalue weighted by Gasteiger charge is -2.09. The number of nitriles is 1. The van der Waals surface area contributed by atoms with E-state index >= 15 is 0 Å². The highest BCUT2D eigenvalue weighted by Crippen LogP contribution is 2.06. The molecule has 0 aromatic heterocycles. The standard InChI is InChI=1S/C16H19N3O3/c1-11-5-3-4-6-13(11)7-8-18-10-14(9-17)15(20)19-12(2)16(21)22/h3-6,10,12,18H,7-8H2,1-2H3,(H,19,20)(H,21,22)/b14-10-. The molecule has 1 rings (SSSR count). The lowest BCUT2D eigenvalue weighted by molar-refractivity contribution is -0.140. The van der Waals surface area contributed by atoms with Crippen LogP contribution in [0.1, 0.15) is 18.1 Å². The van der Waals surface area contributed by atoms with Gasteiger partial charge in [-0.2, -0.15) is 5.26 Å². The number of aryl methyl sites for hydroxylation is 1. The second-order valence-corrected chi connectivity index (χ2v) is 4.83. The third-order valence-corrected chi connectivity index (χ3v) is 3.13. The molecule has 1 aromatic carbocycles. The predicted molar refractivity (Wildman–Crippen MR) is 81.8 cm³/mol. The second kappa shape index (κ2) is 8.47. The molecule has 0 saturated heterocycles. The molecule has 0 radical (unpaired) electrons. The SMILES string of the molecule is Cc1ccccc1CCN/C=C(/C#N)C(=O)NC(C)C(=O)O. The second-order valence-electron chi connectivity index (χ2n) is 4.83. The lowest BCUT2D eigenvalue weighted by atomic mass is 10.1. The number of carboxylic acids is 1. The fraction of sp³-hybridized carbons (Fsp3) is 0.312. The summed E-state index contributed by atoms with van der Waals surface area (Å²) in [5, 5.41) is 22.8. The van der Waals surface area contributed by atoms with Gasteiger partial charge >= 0.3 is 5.97 Å². The molecule has 0 fully saturated rings. The van der Waals surface area contributed by atoms with Crippen LogP contribution in [0.4, 0.5) is 0 Å². The van der Waals surface area contributed by atoms with Gasteiger partial charge in [-0.25, -0.2) is 0 Å². The van der Waals surface area contributed by atoms with Crippen LogP contribution in [0.25, 0.3) is 0 Å². The Morgan fingerprint density at radius 3 is 2.68 bits per heavy atom. The van der Waals surface area contributed by atoms with Gasteiger partial charge in [0.15, 0.2) is 0 Å². The molecule has 0 heterocycles. The van der Waals surface area contributed by atoms with Crippen molar-refractivity contribution in [3.05, 3.63) is 47.2 Å². The van der Waals surface area contributed by atoms with Gasteiger partial charge in [-0.1, -0.05) is 24.3 Å². The van der Waals surface area contributed by atoms with E-state index in [-0.39, 0.29) is 5.57 Å². The van der Waals surface area contributed by atoms with Gasteiger partial charge in [0.2, 0.25) is 0 Å². The number of hydrogen-bond acceptors (Lipinski definition) is 4. The van der Waals surface area contributed by atoms with Crippen LogP contribution in [0.3, 0.4) is 0 Å². The Hall–Kier alpha value is -2.81. The molecule has 22 heavy (non-hydrogen) atoms. The van der Waals surface area contributed by atoms with Gasteiger partial charge in [-0.05, 0) is 31.4 Å². The molecule has 6 heteroatoms. The van der Waals surface area contributed by atoms with Crippen molar-refractivity contribution in [2.24, 2.45) is 0 Å². The van der Waals surface area contributed by atoms with Crippen LogP contribution in [0.15, 0.2) is 36.0 Å². The van der Waals surface area contributed by atoms with Gasteiger partial charge in [0.25, 0.3) is 5.91 Å². The van der Waals surface area contributed by atoms with E-state index in [1.54, 1.807) is 6.07 Å². The molecule has 0 aliphatic heterocycles. The van der Waals surface area contributed by atoms with Gasteiger partial charge in [0.1, 0.15) is 17.7 Å². The van der Waals surface area contributed by atoms with E-state index in [2.05, 4.69) is 10.6 Å². The fourth-order valence-corrected chi connectivity index (χ4v) is 1.76. The Labute approximate surface area is 129 Å². The average molecular weight is 301 g/mol. The van der Waals surface area contributed by atoms with Crippen LogP contribution in [-0.4, -0.2) is 29.6 Å². The molecule has 0 aliphatic carbocycles. The Morgan fingerprint density at radius 2 is 2.09 bits per heavy atom. The number of nitrogens with zero attached hydrogens (tertiary/aromatic N) is 1. The summed E-state index contributed by atoms with van der Waals surface area (Å²) in [7, 11) is 0. The summed E-state index contributed by atoms with van der Waals surface area (Å²) in [4.78, 5) is 22.4. The fourth-order valence-electron chi connectivity index (χ4n) is 1.76. The summed E-state index contributed by atoms with van der Waals surface area (Å²) in [6.45, 7) is 3.92. The molecule has 1 amide bonds. The smallest absolute Gasteiger partial charge is 0.325 e. The third kappa shape index (κ3) is 5.29. The summed E-state index contributed by atoms with van der Waals surface area (Å²) in [6.07, 6.45) is 2.07. The van der Waals surface area contributed by atoms with Gasteiger partial charge in [-0.15, -0.1) is 0 Å². The Balaban J connectivity index is 2.52. The molecule has 1 unspecified atom stereocenters. The minimum Gasteiger partial charge on any atom is -0.480 e. The molecular formula is C16H19N3O3. The number of hydrogen-bond donors (Lipinski definition) is 3. The van der Waals surface area contributed by atoms with Crippen molar-refractivity contribution in [3.8, 4) is 6.07 Å². The predicted octanol–water partition coefficient (Wildman–Crippen LogP) is 1.12. The van der Waals surface area contributed by atoms with Crippen molar-refractivity contribution >= 4 is 11.9 Å². The molecule has 1 aromatic rings. The summed E-state index contributed by atoms with van der Waals surface area (Å²) in [5.74, 6) is -1.86. The van der Waals surface area contributed by atoms with Crippen LogP contribution in [0, 0.1) is 18.3 Å². The van der Waals surface area contributed by atoms with E-state index < -0.39 is 17.9 Å². The molecule has 1 atom stereocenters. The number of benzene rings is 1. The van der Waals surface area contributed by atoms with Crippen molar-refractivity contribution in [1.82, 2.24) is 10.6 Å². The maximum Gasteiger partial charge on any atom is 0.325 e. The first-order valence-electron chi connectivity index (χ1n) is 6.87. The Bertz CT molecular complexity index is 617. The van der Waals surface area contributed by atoms with Crippen molar-refractivity contribution in [3.63, 3.8) is 0 Å². The lowest BCUT2D eigenvalue weighted by Crippen LogP contribution is -2.39. The molecule has 116 valence electrons. The van der Waals surface area contributed by atoms with E-state index in [0.717, 1.165) is 6.42 Å². The first-order valence-corrected chi connectivity index (χ1v) is 6.87. The summed E-state index contributed by atoms with van der Waals surface area (Å²) < 4.78 is 0. The number of carbonyl (C=O) groups is 2. The van der Waals surface area contributed by atoms with Gasteiger partial charge in [0, 0.05) is 12.7 Å². The van der Waals surface area contributed by atoms with E-state index in [1.165, 1.54) is 24.3 Å². The highest BCUT2D eigenvalue weighted by atomic mass is 16.4. The van der Waals surface area contributed by atoms with Gasteiger partial charge in [0.05, 0.1) is 0 Å². The number of carbonyl (C=O) groups excluding carboxylic acids is 1. The molecule has 0 saturated carbocycles. The van der Waals surface area contributed by atoms with E-state index in [1.807, 2.05) is 31.2 Å². The molecular weight excluding hydrogens is 282 g/mol. The Kier molecular flexibility index (Phi) is 6.64. The van der Waals surface area contributed by atoms with Crippen LogP contribution in [0.2, 0.25) is 0 Å². The zero-order valence-electron chi connectivity index (χ0n) is 12.6. The third-order valence-electron chi connectivity index (χ3n) is 3.13. The first kappa shape index (κ1) is 17.2. The number of nitrogens with one attached hydrogen (secondary N) is 2. The number of rotatable bonds is 7. The minimum absolute atomic E-state index is 0.155. The molecule has 0 aliphatic rings. The number of carboxylic acid groups (broad SMARTS) is 1. The van der Waals surface area contributed by atoms with Crippen LogP contribution in [-0.2, 0) is 16.0 Å². The molecule has 0 bridgehead atoms. The highest BCUT2D eigenvalue weighted by molar-refractivity contribution is 5.99. The van der Waals surface area contributed by atoms with E-state index in [0.29, 0.717) is 6.54 Å². The zero-order valence-corrected chi connectivity index (χ0v) is 12.6. The van der Waals surface area contributed by atoms with E-state index in [9.17, 15) is 9.59 Å². The average Bonchev–Trinajstić information content (AvgIpc) is 2.48. The monoisotopic (exact) mass is 301 g/mol. The maximum atomic E-state index is 11.7. The maximum absolute atomic E-state index is 11.7. The molecule has 0 spiro atoms. The first-order chi connectivity index (χ1) is 10.5. The molecule has 6 nitrogen and oxygen atoms in total. The van der Waals surface area contributed by atoms with Gasteiger partial charge in [-0.3, -0.25) is 9.59 Å². The van der Waals surface area contributed by atoms with Crippen LogP contribution >= 0.6 is 0 Å². The zero-order chi connectivity index (χ0) is 16.5. The Morgan fingerprint density at radius 1 is 1.41 bits per heavy atom. The molecule has 3 N–H and O–H groups in total. The summed E-state index contributed by atoms with van der Waals surface area (Å²) in [5.41, 5.74) is 2.21. The minimum atomic E-state index is -1.15. The summed E-state index contributed by atoms with van der Waals surface area (Å²) in [6, 6.07) is 8.67. The van der Waals surface area contributed by atoms with E-state index in [4.69, 9.17) is 10.4 Å². The van der Waals surface area contributed by atoms with Crippen molar-refractivity contribution in [2.75, 3.05) is 6.54 Å². The van der Waals surface area contributed by atoms with Gasteiger partial charge < -0.3 is 15.7 Å². The number of aliphatic carboxylic acids is 1. The largest absolute Gasteiger partial charge is 0.480 e. The summed E-state index contributed by atoms with van der Waals surface area (Å²) >= 11 is 0. The highest BCUT2D eigenvalue weighted by Gasteiger charge is 2.16. The number of amides is 1. The van der Waals surface area contributed by atoms with Crippen molar-refractivity contribution in [1.29, 1.82) is 5.26 Å². The quantitative estimate of drug-likeness (QED) is 0.398. The van der Waals surface area contributed by atoms with Crippen LogP contribution < -0.4 is 10.6 Å². The topological polar surface area (TPSA) is 102 Å². The van der Waals surface area contributed by atoms with Crippen molar-refractivity contribution in [2.45, 2.75) is 26.3 Å².